The van der Waals surface area contributed by atoms with E-state index in [0.29, 0.717) is 12.3 Å². The van der Waals surface area contributed by atoms with Gasteiger partial charge in [-0.1, -0.05) is 13.3 Å². The Hall–Kier alpha value is -0.610. The number of hydrogen-bond acceptors (Lipinski definition) is 3. The second-order valence-corrected chi connectivity index (χ2v) is 5.36. The third-order valence-corrected chi connectivity index (χ3v) is 3.44. The number of amides is 1. The van der Waals surface area contributed by atoms with E-state index < -0.39 is 0 Å². The summed E-state index contributed by atoms with van der Waals surface area (Å²) < 4.78 is 0. The van der Waals surface area contributed by atoms with E-state index in [4.69, 9.17) is 5.73 Å². The molecule has 0 aromatic rings. The van der Waals surface area contributed by atoms with Crippen molar-refractivity contribution in [3.05, 3.63) is 0 Å². The lowest BCUT2D eigenvalue weighted by Gasteiger charge is -2.20. The van der Waals surface area contributed by atoms with E-state index in [2.05, 4.69) is 25.9 Å². The normalized spacial score (nSPS) is 12.8. The topological polar surface area (TPSA) is 49.6 Å². The van der Waals surface area contributed by atoms with E-state index in [9.17, 15) is 4.79 Å². The average Bonchev–Trinajstić information content (AvgIpc) is 2.33. The number of rotatable bonds is 10. The lowest BCUT2D eigenvalue weighted by atomic mass is 9.96. The van der Waals surface area contributed by atoms with Crippen LogP contribution in [0.2, 0.25) is 0 Å². The van der Waals surface area contributed by atoms with E-state index in [1.54, 1.807) is 0 Å². The Balaban J connectivity index is 3.79. The number of carbonyl (C=O) groups excluding carboxylic acids is 1. The minimum Gasteiger partial charge on any atom is -0.346 e. The van der Waals surface area contributed by atoms with Crippen molar-refractivity contribution in [2.75, 3.05) is 40.8 Å². The van der Waals surface area contributed by atoms with Gasteiger partial charge in [0.15, 0.2) is 0 Å². The van der Waals surface area contributed by atoms with Gasteiger partial charge in [0.05, 0.1) is 0 Å². The zero-order valence-corrected chi connectivity index (χ0v) is 12.6. The summed E-state index contributed by atoms with van der Waals surface area (Å²) in [7, 11) is 6.02. The Morgan fingerprint density at radius 2 is 1.83 bits per heavy atom. The lowest BCUT2D eigenvalue weighted by molar-refractivity contribution is -0.130. The summed E-state index contributed by atoms with van der Waals surface area (Å²) in [5.41, 5.74) is 5.57. The first-order chi connectivity index (χ1) is 8.51. The molecular formula is C14H31N3O. The van der Waals surface area contributed by atoms with Crippen LogP contribution in [0.4, 0.5) is 0 Å². The minimum absolute atomic E-state index is 0.268. The third-order valence-electron chi connectivity index (χ3n) is 3.44. The van der Waals surface area contributed by atoms with Crippen LogP contribution < -0.4 is 5.73 Å². The van der Waals surface area contributed by atoms with Crippen molar-refractivity contribution in [1.29, 1.82) is 0 Å². The van der Waals surface area contributed by atoms with Crippen molar-refractivity contribution >= 4 is 5.91 Å². The molecule has 1 amide bonds. The number of carbonyl (C=O) groups is 1. The molecule has 18 heavy (non-hydrogen) atoms. The molecule has 2 N–H and O–H groups in total. The fourth-order valence-corrected chi connectivity index (χ4v) is 2.06. The van der Waals surface area contributed by atoms with Gasteiger partial charge < -0.3 is 15.5 Å². The van der Waals surface area contributed by atoms with Crippen LogP contribution in [0.15, 0.2) is 0 Å². The second kappa shape index (κ2) is 10.3. The molecule has 0 saturated carbocycles. The molecule has 0 aliphatic rings. The van der Waals surface area contributed by atoms with Crippen molar-refractivity contribution in [3.63, 3.8) is 0 Å². The predicted octanol–water partition coefficient (Wildman–Crippen LogP) is 1.55. The molecule has 0 aromatic heterocycles. The monoisotopic (exact) mass is 257 g/mol. The molecule has 108 valence electrons. The third kappa shape index (κ3) is 8.48. The SMILES string of the molecule is CCC(CCN)CCC(=O)N(C)CCCN(C)C. The van der Waals surface area contributed by atoms with E-state index in [1.807, 2.05) is 11.9 Å². The Morgan fingerprint density at radius 3 is 2.33 bits per heavy atom. The maximum absolute atomic E-state index is 11.9. The molecule has 0 saturated heterocycles. The van der Waals surface area contributed by atoms with Gasteiger partial charge in [-0.05, 0) is 52.4 Å². The Bertz CT molecular complexity index is 219. The largest absolute Gasteiger partial charge is 0.346 e. The number of nitrogens with two attached hydrogens (primary N) is 1. The van der Waals surface area contributed by atoms with Gasteiger partial charge in [-0.25, -0.2) is 0 Å². The first kappa shape index (κ1) is 17.4. The van der Waals surface area contributed by atoms with Crippen LogP contribution in [0.3, 0.4) is 0 Å². The van der Waals surface area contributed by atoms with Gasteiger partial charge in [0.25, 0.3) is 0 Å². The van der Waals surface area contributed by atoms with Gasteiger partial charge in [-0.15, -0.1) is 0 Å². The molecule has 4 heteroatoms. The van der Waals surface area contributed by atoms with Crippen LogP contribution in [0.5, 0.6) is 0 Å². The predicted molar refractivity (Wildman–Crippen MR) is 77.5 cm³/mol. The average molecular weight is 257 g/mol. The van der Waals surface area contributed by atoms with Crippen molar-refractivity contribution in [1.82, 2.24) is 9.80 Å². The van der Waals surface area contributed by atoms with Gasteiger partial charge in [0.1, 0.15) is 0 Å². The zero-order chi connectivity index (χ0) is 14.0. The molecule has 0 bridgehead atoms. The van der Waals surface area contributed by atoms with Crippen LogP contribution in [-0.4, -0.2) is 56.5 Å². The van der Waals surface area contributed by atoms with Crippen LogP contribution in [0.25, 0.3) is 0 Å². The lowest BCUT2D eigenvalue weighted by Crippen LogP contribution is -2.30. The summed E-state index contributed by atoms with van der Waals surface area (Å²) in [6.07, 6.45) is 4.83. The highest BCUT2D eigenvalue weighted by atomic mass is 16.2. The van der Waals surface area contributed by atoms with Crippen molar-refractivity contribution in [3.8, 4) is 0 Å². The molecule has 0 fully saturated rings. The summed E-state index contributed by atoms with van der Waals surface area (Å²) in [5.74, 6) is 0.873. The molecule has 0 rings (SSSR count). The van der Waals surface area contributed by atoms with Gasteiger partial charge in [-0.2, -0.15) is 0 Å². The van der Waals surface area contributed by atoms with Crippen LogP contribution in [0.1, 0.15) is 39.0 Å². The number of nitrogens with zero attached hydrogens (tertiary/aromatic N) is 2. The highest BCUT2D eigenvalue weighted by Gasteiger charge is 2.12. The molecule has 0 spiro atoms. The zero-order valence-electron chi connectivity index (χ0n) is 12.6. The summed E-state index contributed by atoms with van der Waals surface area (Å²) in [5, 5.41) is 0. The Kier molecular flexibility index (Phi) is 9.98. The first-order valence-corrected chi connectivity index (χ1v) is 7.10. The first-order valence-electron chi connectivity index (χ1n) is 7.10. The summed E-state index contributed by atoms with van der Waals surface area (Å²) in [6.45, 7) is 4.78. The molecule has 4 nitrogen and oxygen atoms in total. The van der Waals surface area contributed by atoms with Crippen molar-refractivity contribution in [2.45, 2.75) is 39.0 Å². The molecule has 1 unspecified atom stereocenters. The van der Waals surface area contributed by atoms with Gasteiger partial charge >= 0.3 is 0 Å². The van der Waals surface area contributed by atoms with Crippen LogP contribution in [-0.2, 0) is 4.79 Å². The van der Waals surface area contributed by atoms with E-state index in [0.717, 1.165) is 45.3 Å². The Labute approximate surface area is 113 Å². The highest BCUT2D eigenvalue weighted by molar-refractivity contribution is 5.75. The van der Waals surface area contributed by atoms with Crippen molar-refractivity contribution < 1.29 is 4.79 Å². The summed E-state index contributed by atoms with van der Waals surface area (Å²) >= 11 is 0. The minimum atomic E-state index is 0.268. The molecule has 0 aliphatic carbocycles. The summed E-state index contributed by atoms with van der Waals surface area (Å²) in [6, 6.07) is 0. The van der Waals surface area contributed by atoms with Crippen molar-refractivity contribution in [2.24, 2.45) is 11.7 Å². The molecule has 0 aromatic carbocycles. The standard InChI is InChI=1S/C14H31N3O/c1-5-13(9-10-15)7-8-14(18)17(4)12-6-11-16(2)3/h13H,5-12,15H2,1-4H3. The van der Waals surface area contributed by atoms with Crippen LogP contribution in [0, 0.1) is 5.92 Å². The fourth-order valence-electron chi connectivity index (χ4n) is 2.06. The summed E-state index contributed by atoms with van der Waals surface area (Å²) in [4.78, 5) is 15.9. The maximum Gasteiger partial charge on any atom is 0.222 e. The molecule has 0 aliphatic heterocycles. The van der Waals surface area contributed by atoms with Gasteiger partial charge in [-0.3, -0.25) is 4.79 Å². The highest BCUT2D eigenvalue weighted by Crippen LogP contribution is 2.15. The molecule has 0 heterocycles. The van der Waals surface area contributed by atoms with E-state index in [-0.39, 0.29) is 5.91 Å². The van der Waals surface area contributed by atoms with E-state index in [1.165, 1.54) is 0 Å². The molecular weight excluding hydrogens is 226 g/mol. The number of hydrogen-bond donors (Lipinski definition) is 1. The van der Waals surface area contributed by atoms with Crippen LogP contribution >= 0.6 is 0 Å². The fraction of sp³-hybridized carbons (Fsp3) is 0.929. The van der Waals surface area contributed by atoms with E-state index >= 15 is 0 Å². The van der Waals surface area contributed by atoms with Gasteiger partial charge in [0, 0.05) is 20.0 Å². The van der Waals surface area contributed by atoms with Gasteiger partial charge in [0.2, 0.25) is 5.91 Å². The second-order valence-electron chi connectivity index (χ2n) is 5.36. The molecule has 1 atom stereocenters. The quantitative estimate of drug-likeness (QED) is 0.646. The molecule has 0 radical (unpaired) electrons. The Morgan fingerprint density at radius 1 is 1.17 bits per heavy atom. The maximum atomic E-state index is 11.9. The smallest absolute Gasteiger partial charge is 0.222 e.